The molecule has 1 fully saturated rings. The zero-order valence-electron chi connectivity index (χ0n) is 15.6. The van der Waals surface area contributed by atoms with Gasteiger partial charge in [0.15, 0.2) is 0 Å². The fraction of sp³-hybridized carbons (Fsp3) is 0.391. The van der Waals surface area contributed by atoms with Crippen molar-refractivity contribution >= 4 is 11.4 Å². The van der Waals surface area contributed by atoms with Gasteiger partial charge < -0.3 is 4.74 Å². The molecule has 2 aromatic carbocycles. The van der Waals surface area contributed by atoms with E-state index < -0.39 is 0 Å². The van der Waals surface area contributed by atoms with Crippen LogP contribution in [0.2, 0.25) is 0 Å². The largest absolute Gasteiger partial charge is 0.492 e. The van der Waals surface area contributed by atoms with Crippen LogP contribution in [0.1, 0.15) is 42.4 Å². The van der Waals surface area contributed by atoms with E-state index in [-0.39, 0.29) is 0 Å². The van der Waals surface area contributed by atoms with Gasteiger partial charge in [0.2, 0.25) is 0 Å². The van der Waals surface area contributed by atoms with Crippen molar-refractivity contribution < 1.29 is 4.74 Å². The molecule has 0 bridgehead atoms. The molecule has 4 nitrogen and oxygen atoms in total. The van der Waals surface area contributed by atoms with Crippen molar-refractivity contribution in [2.45, 2.75) is 38.6 Å². The highest BCUT2D eigenvalue weighted by atomic mass is 16.5. The summed E-state index contributed by atoms with van der Waals surface area (Å²) in [5, 5.41) is 16.6. The van der Waals surface area contributed by atoms with Gasteiger partial charge in [-0.15, -0.1) is 0 Å². The normalized spacial score (nSPS) is 24.0. The molecule has 0 radical (unpaired) electrons. The van der Waals surface area contributed by atoms with E-state index in [1.807, 2.05) is 31.2 Å². The molecule has 1 aliphatic carbocycles. The number of fused-ring (bicyclic) bond motifs is 3. The first-order valence-corrected chi connectivity index (χ1v) is 9.87. The number of hydrazone groups is 1. The number of rotatable bonds is 2. The maximum atomic E-state index is 9.27. The summed E-state index contributed by atoms with van der Waals surface area (Å²) in [6, 6.07) is 16.9. The second-order valence-electron chi connectivity index (χ2n) is 7.89. The van der Waals surface area contributed by atoms with Gasteiger partial charge in [-0.05, 0) is 61.6 Å². The number of anilines is 1. The van der Waals surface area contributed by atoms with Gasteiger partial charge in [-0.3, -0.25) is 5.01 Å². The monoisotopic (exact) mass is 357 g/mol. The maximum absolute atomic E-state index is 9.27. The highest BCUT2D eigenvalue weighted by molar-refractivity contribution is 6.07. The lowest BCUT2D eigenvalue weighted by Gasteiger charge is -2.34. The third kappa shape index (κ3) is 2.61. The summed E-state index contributed by atoms with van der Waals surface area (Å²) in [7, 11) is 0. The summed E-state index contributed by atoms with van der Waals surface area (Å²) >= 11 is 0. The maximum Gasteiger partial charge on any atom is 0.128 e. The third-order valence-electron chi connectivity index (χ3n) is 6.32. The number of hydrogen-bond acceptors (Lipinski definition) is 4. The van der Waals surface area contributed by atoms with Crippen LogP contribution in [-0.4, -0.2) is 18.4 Å². The van der Waals surface area contributed by atoms with E-state index >= 15 is 0 Å². The van der Waals surface area contributed by atoms with Gasteiger partial charge in [-0.25, -0.2) is 0 Å². The Labute approximate surface area is 160 Å². The van der Waals surface area contributed by atoms with E-state index in [1.54, 1.807) is 0 Å². The molecule has 1 saturated carbocycles. The molecule has 0 saturated heterocycles. The van der Waals surface area contributed by atoms with Crippen LogP contribution in [0.25, 0.3) is 0 Å². The van der Waals surface area contributed by atoms with Crippen LogP contribution in [0.4, 0.5) is 5.69 Å². The highest BCUT2D eigenvalue weighted by Gasteiger charge is 2.46. The van der Waals surface area contributed by atoms with Gasteiger partial charge in [-0.2, -0.15) is 10.4 Å². The lowest BCUT2D eigenvalue weighted by Crippen LogP contribution is -2.43. The lowest BCUT2D eigenvalue weighted by atomic mass is 9.82. The van der Waals surface area contributed by atoms with Gasteiger partial charge in [-0.1, -0.05) is 25.0 Å². The SMILES string of the molecule is Cc1cc(N2N=C3c4ccccc4OCC3C2C2CCCC2)ccc1C#N. The van der Waals surface area contributed by atoms with Crippen molar-refractivity contribution in [3.63, 3.8) is 0 Å². The second-order valence-corrected chi connectivity index (χ2v) is 7.89. The molecule has 0 amide bonds. The summed E-state index contributed by atoms with van der Waals surface area (Å²) in [6.45, 7) is 2.70. The Hall–Kier alpha value is -2.80. The average Bonchev–Trinajstić information content (AvgIpc) is 3.35. The van der Waals surface area contributed by atoms with Crippen LogP contribution >= 0.6 is 0 Å². The summed E-state index contributed by atoms with van der Waals surface area (Å²) in [5.41, 5.74) is 5.11. The molecule has 2 aliphatic heterocycles. The van der Waals surface area contributed by atoms with Crippen molar-refractivity contribution in [3.8, 4) is 11.8 Å². The minimum Gasteiger partial charge on any atom is -0.492 e. The number of hydrogen-bond donors (Lipinski definition) is 0. The van der Waals surface area contributed by atoms with Crippen LogP contribution in [0.3, 0.4) is 0 Å². The first-order chi connectivity index (χ1) is 13.3. The summed E-state index contributed by atoms with van der Waals surface area (Å²) < 4.78 is 6.12. The molecule has 27 heavy (non-hydrogen) atoms. The smallest absolute Gasteiger partial charge is 0.128 e. The molecule has 4 heteroatoms. The Balaban J connectivity index is 1.60. The molecule has 2 atom stereocenters. The predicted octanol–water partition coefficient (Wildman–Crippen LogP) is 4.66. The summed E-state index contributed by atoms with van der Waals surface area (Å²) in [6.07, 6.45) is 5.14. The van der Waals surface area contributed by atoms with Gasteiger partial charge in [0, 0.05) is 5.56 Å². The molecule has 0 N–H and O–H groups in total. The molecular formula is C23H23N3O. The van der Waals surface area contributed by atoms with E-state index in [9.17, 15) is 5.26 Å². The fourth-order valence-corrected chi connectivity index (χ4v) is 4.98. The highest BCUT2D eigenvalue weighted by Crippen LogP contribution is 2.44. The van der Waals surface area contributed by atoms with Gasteiger partial charge in [0.1, 0.15) is 5.75 Å². The molecule has 2 aromatic rings. The number of aryl methyl sites for hydroxylation is 1. The van der Waals surface area contributed by atoms with E-state index in [4.69, 9.17) is 9.84 Å². The van der Waals surface area contributed by atoms with Crippen molar-refractivity contribution in [2.75, 3.05) is 11.6 Å². The molecular weight excluding hydrogens is 334 g/mol. The molecule has 2 heterocycles. The molecule has 5 rings (SSSR count). The first-order valence-electron chi connectivity index (χ1n) is 9.87. The Morgan fingerprint density at radius 1 is 1.15 bits per heavy atom. The zero-order valence-corrected chi connectivity index (χ0v) is 15.6. The van der Waals surface area contributed by atoms with E-state index in [2.05, 4.69) is 29.3 Å². The predicted molar refractivity (Wildman–Crippen MR) is 106 cm³/mol. The quantitative estimate of drug-likeness (QED) is 0.785. The van der Waals surface area contributed by atoms with Crippen molar-refractivity contribution in [2.24, 2.45) is 16.9 Å². The zero-order chi connectivity index (χ0) is 18.4. The van der Waals surface area contributed by atoms with Crippen molar-refractivity contribution in [1.29, 1.82) is 5.26 Å². The van der Waals surface area contributed by atoms with Crippen LogP contribution in [0, 0.1) is 30.1 Å². The molecule has 0 spiro atoms. The second kappa shape index (κ2) is 6.42. The van der Waals surface area contributed by atoms with Crippen LogP contribution < -0.4 is 9.75 Å². The average molecular weight is 357 g/mol. The Morgan fingerprint density at radius 3 is 2.74 bits per heavy atom. The molecule has 136 valence electrons. The number of nitriles is 1. The minimum atomic E-state index is 0.305. The standard InChI is InChI=1S/C23H23N3O/c1-15-12-18(11-10-17(15)13-24)26-23(16-6-2-3-7-16)20-14-27-21-9-5-4-8-19(21)22(20)25-26/h4-5,8-12,16,20,23H,2-3,6-7,14H2,1H3. The molecule has 0 aromatic heterocycles. The van der Waals surface area contributed by atoms with E-state index in [0.717, 1.165) is 33.8 Å². The van der Waals surface area contributed by atoms with Gasteiger partial charge in [0.05, 0.1) is 41.6 Å². The van der Waals surface area contributed by atoms with Crippen molar-refractivity contribution in [3.05, 3.63) is 59.2 Å². The summed E-state index contributed by atoms with van der Waals surface area (Å²) in [5.74, 6) is 1.88. The van der Waals surface area contributed by atoms with E-state index in [1.165, 1.54) is 25.7 Å². The Bertz CT molecular complexity index is 952. The van der Waals surface area contributed by atoms with Gasteiger partial charge >= 0.3 is 0 Å². The third-order valence-corrected chi connectivity index (χ3v) is 6.32. The lowest BCUT2D eigenvalue weighted by molar-refractivity contribution is 0.233. The number of nitrogens with zero attached hydrogens (tertiary/aromatic N) is 3. The first kappa shape index (κ1) is 16.4. The topological polar surface area (TPSA) is 48.6 Å². The fourth-order valence-electron chi connectivity index (χ4n) is 4.98. The Kier molecular flexibility index (Phi) is 3.89. The Morgan fingerprint density at radius 2 is 1.96 bits per heavy atom. The van der Waals surface area contributed by atoms with Crippen molar-refractivity contribution in [1.82, 2.24) is 0 Å². The molecule has 2 unspecified atom stereocenters. The van der Waals surface area contributed by atoms with Gasteiger partial charge in [0.25, 0.3) is 0 Å². The number of para-hydroxylation sites is 1. The molecule has 3 aliphatic rings. The van der Waals surface area contributed by atoms with Crippen LogP contribution in [0.5, 0.6) is 5.75 Å². The number of ether oxygens (including phenoxy) is 1. The summed E-state index contributed by atoms with van der Waals surface area (Å²) in [4.78, 5) is 0. The van der Waals surface area contributed by atoms with Crippen LogP contribution in [-0.2, 0) is 0 Å². The van der Waals surface area contributed by atoms with E-state index in [0.29, 0.717) is 24.5 Å². The van der Waals surface area contributed by atoms with Crippen LogP contribution in [0.15, 0.2) is 47.6 Å². The minimum absolute atomic E-state index is 0.305. The number of benzene rings is 2.